The topological polar surface area (TPSA) is 0 Å². The number of fused-ring (bicyclic) bond motifs is 2. The molecule has 1 aromatic rings. The van der Waals surface area contributed by atoms with Crippen molar-refractivity contribution < 1.29 is 0 Å². The predicted molar refractivity (Wildman–Crippen MR) is 96.9 cm³/mol. The minimum atomic E-state index is -0.396. The summed E-state index contributed by atoms with van der Waals surface area (Å²) in [6.07, 6.45) is 10.5. The van der Waals surface area contributed by atoms with E-state index in [2.05, 4.69) is 74.8 Å². The second-order valence-electron chi connectivity index (χ2n) is 6.28. The lowest BCUT2D eigenvalue weighted by atomic mass is 9.33. The van der Waals surface area contributed by atoms with Gasteiger partial charge in [0.25, 0.3) is 0 Å². The van der Waals surface area contributed by atoms with Crippen molar-refractivity contribution in [3.8, 4) is 0 Å². The number of hydrogen-bond donors (Lipinski definition) is 0. The van der Waals surface area contributed by atoms with Gasteiger partial charge in [0.1, 0.15) is 12.2 Å². The molecule has 0 unspecified atom stereocenters. The molecule has 0 nitrogen and oxygen atoms in total. The van der Waals surface area contributed by atoms with Gasteiger partial charge in [-0.3, -0.25) is 0 Å². The maximum absolute atomic E-state index is 2.45. The highest BCUT2D eigenvalue weighted by atomic mass is 28.3. The van der Waals surface area contributed by atoms with Crippen LogP contribution in [0.4, 0.5) is 0 Å². The molecule has 1 aromatic carbocycles. The molecule has 3 rings (SSSR count). The van der Waals surface area contributed by atoms with Crippen LogP contribution in [0.15, 0.2) is 48.6 Å². The molecule has 1 aliphatic carbocycles. The van der Waals surface area contributed by atoms with Crippen molar-refractivity contribution in [3.63, 3.8) is 0 Å². The molecule has 0 saturated carbocycles. The summed E-state index contributed by atoms with van der Waals surface area (Å²) < 4.78 is 0. The largest absolute Gasteiger partial charge is 0.248 e. The van der Waals surface area contributed by atoms with Crippen LogP contribution in [0.25, 0.3) is 0 Å². The highest BCUT2D eigenvalue weighted by Gasteiger charge is 2.39. The summed E-state index contributed by atoms with van der Waals surface area (Å²) >= 11 is 0. The molecule has 0 spiro atoms. The Kier molecular flexibility index (Phi) is 3.78. The SMILES string of the molecule is C[Si](C)[B-]1c2ccccc2[B-]([Si](C)C)[C+]2C=CC=C[C+]12. The Morgan fingerprint density at radius 3 is 1.50 bits per heavy atom. The second kappa shape index (κ2) is 5.42. The first kappa shape index (κ1) is 14.0. The lowest BCUT2D eigenvalue weighted by molar-refractivity contribution is 1.36. The maximum atomic E-state index is 2.45. The van der Waals surface area contributed by atoms with Crippen molar-refractivity contribution >= 4 is 40.9 Å². The van der Waals surface area contributed by atoms with Crippen molar-refractivity contribution in [2.24, 2.45) is 0 Å². The van der Waals surface area contributed by atoms with E-state index in [1.807, 2.05) is 0 Å². The molecule has 1 aliphatic heterocycles. The third-order valence-corrected chi connectivity index (χ3v) is 7.94. The number of rotatable bonds is 2. The highest BCUT2D eigenvalue weighted by Crippen LogP contribution is 2.33. The normalized spacial score (nSPS) is 18.9. The molecular weight excluding hydrogens is 270 g/mol. The molecule has 98 valence electrons. The van der Waals surface area contributed by atoms with E-state index < -0.39 is 17.3 Å². The fourth-order valence-electron chi connectivity index (χ4n) is 3.65. The van der Waals surface area contributed by atoms with Gasteiger partial charge in [-0.05, 0) is 0 Å². The fraction of sp³-hybridized carbons (Fsp3) is 0.250. The monoisotopic (exact) mass is 290 g/mol. The summed E-state index contributed by atoms with van der Waals surface area (Å²) in [5.41, 5.74) is 3.22. The van der Waals surface area contributed by atoms with E-state index in [9.17, 15) is 0 Å². The summed E-state index contributed by atoms with van der Waals surface area (Å²) in [6.45, 7) is 9.81. The third-order valence-electron chi connectivity index (χ3n) is 4.39. The fourth-order valence-corrected chi connectivity index (χ4v) is 7.19. The maximum Gasteiger partial charge on any atom is 0.145 e. The zero-order valence-electron chi connectivity index (χ0n) is 12.8. The smallest absolute Gasteiger partial charge is 0.145 e. The van der Waals surface area contributed by atoms with Crippen LogP contribution in [0, 0.1) is 11.6 Å². The van der Waals surface area contributed by atoms with Gasteiger partial charge in [0.2, 0.25) is 0 Å². The van der Waals surface area contributed by atoms with Crippen LogP contribution in [-0.2, 0) is 0 Å². The van der Waals surface area contributed by atoms with E-state index in [-0.39, 0.29) is 0 Å². The van der Waals surface area contributed by atoms with Gasteiger partial charge < -0.3 is 0 Å². The van der Waals surface area contributed by atoms with Gasteiger partial charge >= 0.3 is 0 Å². The molecule has 0 fully saturated rings. The summed E-state index contributed by atoms with van der Waals surface area (Å²) in [7, 11) is -0.792. The molecule has 1 heterocycles. The first-order valence-electron chi connectivity index (χ1n) is 7.39. The number of hydrogen-bond acceptors (Lipinski definition) is 0. The molecule has 2 aliphatic rings. The summed E-state index contributed by atoms with van der Waals surface area (Å²) in [5.74, 6) is 3.22. The van der Waals surface area contributed by atoms with Crippen LogP contribution >= 0.6 is 0 Å². The van der Waals surface area contributed by atoms with Gasteiger partial charge in [-0.2, -0.15) is 0 Å². The van der Waals surface area contributed by atoms with E-state index in [0.717, 1.165) is 0 Å². The molecule has 4 heteroatoms. The van der Waals surface area contributed by atoms with Crippen LogP contribution in [0.3, 0.4) is 0 Å². The first-order chi connectivity index (χ1) is 9.61. The quantitative estimate of drug-likeness (QED) is 0.578. The second-order valence-corrected chi connectivity index (χ2v) is 11.7. The summed E-state index contributed by atoms with van der Waals surface area (Å²) in [5, 5.41) is 0. The molecule has 0 bridgehead atoms. The van der Waals surface area contributed by atoms with Gasteiger partial charge in [-0.1, -0.05) is 23.8 Å². The van der Waals surface area contributed by atoms with E-state index in [0.29, 0.717) is 12.6 Å². The Morgan fingerprint density at radius 1 is 0.750 bits per heavy atom. The van der Waals surface area contributed by atoms with Crippen LogP contribution in [-0.4, -0.2) is 29.9 Å². The minimum Gasteiger partial charge on any atom is -0.248 e. The molecule has 0 saturated heterocycles. The molecule has 0 atom stereocenters. The number of allylic oxidation sites excluding steroid dienone is 4. The zero-order chi connectivity index (χ0) is 14.3. The molecule has 0 N–H and O–H groups in total. The van der Waals surface area contributed by atoms with E-state index >= 15 is 0 Å². The van der Waals surface area contributed by atoms with Crippen molar-refractivity contribution in [1.29, 1.82) is 0 Å². The molecular formula is C16H20B2Si2. The average molecular weight is 290 g/mol. The van der Waals surface area contributed by atoms with Gasteiger partial charge in [0.15, 0.2) is 0 Å². The predicted octanol–water partition coefficient (Wildman–Crippen LogP) is 2.12. The van der Waals surface area contributed by atoms with Crippen LogP contribution in [0.1, 0.15) is 0 Å². The van der Waals surface area contributed by atoms with E-state index in [4.69, 9.17) is 0 Å². The lowest BCUT2D eigenvalue weighted by Gasteiger charge is -2.51. The Hall–Kier alpha value is -0.996. The summed E-state index contributed by atoms with van der Waals surface area (Å²) in [6, 6.07) is 9.20. The van der Waals surface area contributed by atoms with Crippen LogP contribution in [0.5, 0.6) is 0 Å². The van der Waals surface area contributed by atoms with Gasteiger partial charge in [-0.25, -0.2) is 10.9 Å². The highest BCUT2D eigenvalue weighted by molar-refractivity contribution is 7.38. The molecule has 0 amide bonds. The molecule has 0 aromatic heterocycles. The Balaban J connectivity index is 2.18. The van der Waals surface area contributed by atoms with E-state index in [1.54, 1.807) is 22.6 Å². The van der Waals surface area contributed by atoms with E-state index in [1.165, 1.54) is 0 Å². The van der Waals surface area contributed by atoms with Crippen molar-refractivity contribution in [1.82, 2.24) is 0 Å². The minimum absolute atomic E-state index is 0.396. The summed E-state index contributed by atoms with van der Waals surface area (Å²) in [4.78, 5) is 0. The molecule has 20 heavy (non-hydrogen) atoms. The Bertz CT molecular complexity index is 502. The Labute approximate surface area is 127 Å². The van der Waals surface area contributed by atoms with Crippen molar-refractivity contribution in [2.75, 3.05) is 0 Å². The number of benzene rings is 1. The lowest BCUT2D eigenvalue weighted by Crippen LogP contribution is -2.68. The van der Waals surface area contributed by atoms with Crippen LogP contribution < -0.4 is 10.9 Å². The standard InChI is InChI=1S/C16H20B2Si2/c1-19(2)17-13-9-5-7-11-15(13)18(20(3)4)16-12-8-6-10-14(16)17/h5-12H,1-4H3. The van der Waals surface area contributed by atoms with Gasteiger partial charge in [0.05, 0.1) is 24.8 Å². The first-order valence-corrected chi connectivity index (χ1v) is 12.5. The van der Waals surface area contributed by atoms with Crippen molar-refractivity contribution in [2.45, 2.75) is 26.2 Å². The average Bonchev–Trinajstić information content (AvgIpc) is 2.43. The molecule has 4 radical (unpaired) electrons. The van der Waals surface area contributed by atoms with Gasteiger partial charge in [0, 0.05) is 0 Å². The van der Waals surface area contributed by atoms with Gasteiger partial charge in [-0.15, -0.1) is 55.7 Å². The zero-order valence-corrected chi connectivity index (χ0v) is 14.8. The Morgan fingerprint density at radius 2 is 1.15 bits per heavy atom. The third kappa shape index (κ3) is 2.15. The van der Waals surface area contributed by atoms with Crippen molar-refractivity contribution in [3.05, 3.63) is 60.2 Å². The van der Waals surface area contributed by atoms with Crippen LogP contribution in [0.2, 0.25) is 26.2 Å².